The summed E-state index contributed by atoms with van der Waals surface area (Å²) in [6.45, 7) is 0. The summed E-state index contributed by atoms with van der Waals surface area (Å²) in [6, 6.07) is 8.55. The SMILES string of the molecule is O=C(CSc1cccc(F)c1)c1ccc(-c2noc(C(F)(F)F)n2)cn1. The maximum atomic E-state index is 13.1. The molecule has 0 radical (unpaired) electrons. The van der Waals surface area contributed by atoms with Crippen LogP contribution in [0.15, 0.2) is 52.0 Å². The number of pyridine rings is 1. The first-order valence-corrected chi connectivity index (χ1v) is 8.10. The lowest BCUT2D eigenvalue weighted by atomic mass is 10.2. The van der Waals surface area contributed by atoms with Crippen molar-refractivity contribution in [3.63, 3.8) is 0 Å². The lowest BCUT2D eigenvalue weighted by molar-refractivity contribution is -0.159. The van der Waals surface area contributed by atoms with Gasteiger partial charge in [-0.15, -0.1) is 11.8 Å². The Morgan fingerprint density at radius 3 is 2.62 bits per heavy atom. The zero-order chi connectivity index (χ0) is 18.7. The molecule has 5 nitrogen and oxygen atoms in total. The van der Waals surface area contributed by atoms with Crippen LogP contribution in [0.3, 0.4) is 0 Å². The number of hydrogen-bond acceptors (Lipinski definition) is 6. The van der Waals surface area contributed by atoms with Gasteiger partial charge in [0.25, 0.3) is 0 Å². The zero-order valence-corrected chi connectivity index (χ0v) is 13.6. The van der Waals surface area contributed by atoms with Crippen LogP contribution in [0.2, 0.25) is 0 Å². The van der Waals surface area contributed by atoms with Gasteiger partial charge in [0, 0.05) is 16.7 Å². The molecule has 3 rings (SSSR count). The lowest BCUT2D eigenvalue weighted by Crippen LogP contribution is -2.05. The van der Waals surface area contributed by atoms with Crippen molar-refractivity contribution in [2.45, 2.75) is 11.1 Å². The molecule has 0 saturated carbocycles. The van der Waals surface area contributed by atoms with Gasteiger partial charge in [-0.2, -0.15) is 18.2 Å². The van der Waals surface area contributed by atoms with Crippen LogP contribution in [0.4, 0.5) is 17.6 Å². The second-order valence-electron chi connectivity index (χ2n) is 5.02. The van der Waals surface area contributed by atoms with E-state index in [0.29, 0.717) is 4.90 Å². The second kappa shape index (κ2) is 7.24. The quantitative estimate of drug-likeness (QED) is 0.372. The van der Waals surface area contributed by atoms with Crippen molar-refractivity contribution in [1.29, 1.82) is 0 Å². The van der Waals surface area contributed by atoms with E-state index in [0.717, 1.165) is 11.8 Å². The number of carbonyl (C=O) groups is 1. The highest BCUT2D eigenvalue weighted by Crippen LogP contribution is 2.29. The highest BCUT2D eigenvalue weighted by Gasteiger charge is 2.38. The molecule has 0 saturated heterocycles. The van der Waals surface area contributed by atoms with Crippen LogP contribution in [0.1, 0.15) is 16.4 Å². The first kappa shape index (κ1) is 18.1. The number of halogens is 4. The number of alkyl halides is 3. The molecule has 0 aliphatic rings. The predicted octanol–water partition coefficient (Wildman–Crippen LogP) is 4.26. The number of Topliss-reactive ketones (excluding diaryl/α,β-unsaturated/α-hetero) is 1. The van der Waals surface area contributed by atoms with E-state index in [9.17, 15) is 22.4 Å². The average Bonchev–Trinajstić information content (AvgIpc) is 3.10. The van der Waals surface area contributed by atoms with Gasteiger partial charge < -0.3 is 4.52 Å². The molecule has 0 aliphatic carbocycles. The van der Waals surface area contributed by atoms with Crippen LogP contribution in [0, 0.1) is 5.82 Å². The summed E-state index contributed by atoms with van der Waals surface area (Å²) < 4.78 is 54.6. The first-order valence-electron chi connectivity index (χ1n) is 7.12. The summed E-state index contributed by atoms with van der Waals surface area (Å²) in [4.78, 5) is 19.9. The number of aromatic nitrogens is 3. The van der Waals surface area contributed by atoms with Gasteiger partial charge >= 0.3 is 12.1 Å². The third-order valence-electron chi connectivity index (χ3n) is 3.14. The van der Waals surface area contributed by atoms with E-state index in [-0.39, 0.29) is 28.6 Å². The van der Waals surface area contributed by atoms with E-state index in [2.05, 4.69) is 19.6 Å². The largest absolute Gasteiger partial charge is 0.471 e. The maximum absolute atomic E-state index is 13.1. The zero-order valence-electron chi connectivity index (χ0n) is 12.8. The lowest BCUT2D eigenvalue weighted by Gasteiger charge is -2.02. The van der Waals surface area contributed by atoms with Gasteiger partial charge in [-0.1, -0.05) is 11.2 Å². The molecule has 0 fully saturated rings. The molecule has 0 spiro atoms. The number of thioether (sulfide) groups is 1. The minimum absolute atomic E-state index is 0.0379. The smallest absolute Gasteiger partial charge is 0.329 e. The molecule has 2 aromatic heterocycles. The van der Waals surface area contributed by atoms with Gasteiger partial charge in [0.2, 0.25) is 5.82 Å². The fraction of sp³-hybridized carbons (Fsp3) is 0.125. The second-order valence-corrected chi connectivity index (χ2v) is 6.07. The molecule has 0 N–H and O–H groups in total. The molecule has 3 aromatic rings. The van der Waals surface area contributed by atoms with Crippen molar-refractivity contribution in [3.05, 3.63) is 60.0 Å². The van der Waals surface area contributed by atoms with Gasteiger partial charge in [-0.05, 0) is 30.3 Å². The van der Waals surface area contributed by atoms with Crippen molar-refractivity contribution in [2.24, 2.45) is 0 Å². The molecule has 134 valence electrons. The molecule has 26 heavy (non-hydrogen) atoms. The fourth-order valence-corrected chi connectivity index (χ4v) is 2.74. The van der Waals surface area contributed by atoms with Crippen LogP contribution in [-0.4, -0.2) is 26.7 Å². The minimum atomic E-state index is -4.73. The molecule has 10 heteroatoms. The molecule has 1 aromatic carbocycles. The number of rotatable bonds is 5. The summed E-state index contributed by atoms with van der Waals surface area (Å²) in [6.07, 6.45) is -3.55. The van der Waals surface area contributed by atoms with E-state index in [1.54, 1.807) is 6.07 Å². The minimum Gasteiger partial charge on any atom is -0.329 e. The number of carbonyl (C=O) groups excluding carboxylic acids is 1. The normalized spacial score (nSPS) is 11.5. The maximum Gasteiger partial charge on any atom is 0.471 e. The summed E-state index contributed by atoms with van der Waals surface area (Å²) in [5, 5.41) is 3.24. The Bertz CT molecular complexity index is 926. The van der Waals surface area contributed by atoms with Gasteiger partial charge in [0.05, 0.1) is 5.75 Å². The molecule has 0 bridgehead atoms. The van der Waals surface area contributed by atoms with Crippen molar-refractivity contribution in [3.8, 4) is 11.4 Å². The Kier molecular flexibility index (Phi) is 5.03. The van der Waals surface area contributed by atoms with Gasteiger partial charge in [-0.25, -0.2) is 4.39 Å². The molecule has 0 atom stereocenters. The number of benzene rings is 1. The molecular weight excluding hydrogens is 374 g/mol. The Labute approximate surface area is 148 Å². The van der Waals surface area contributed by atoms with Crippen LogP contribution in [-0.2, 0) is 6.18 Å². The summed E-state index contributed by atoms with van der Waals surface area (Å²) >= 11 is 1.15. The van der Waals surface area contributed by atoms with Crippen molar-refractivity contribution in [2.75, 3.05) is 5.75 Å². The highest BCUT2D eigenvalue weighted by atomic mass is 32.2. The van der Waals surface area contributed by atoms with Crippen LogP contribution in [0.25, 0.3) is 11.4 Å². The summed E-state index contributed by atoms with van der Waals surface area (Å²) in [7, 11) is 0. The average molecular weight is 383 g/mol. The van der Waals surface area contributed by atoms with Gasteiger partial charge in [-0.3, -0.25) is 9.78 Å². The highest BCUT2D eigenvalue weighted by molar-refractivity contribution is 8.00. The van der Waals surface area contributed by atoms with E-state index in [1.807, 2.05) is 0 Å². The Morgan fingerprint density at radius 1 is 1.19 bits per heavy atom. The monoisotopic (exact) mass is 383 g/mol. The van der Waals surface area contributed by atoms with Crippen LogP contribution < -0.4 is 0 Å². The molecule has 0 unspecified atom stereocenters. The Balaban J connectivity index is 1.67. The van der Waals surface area contributed by atoms with E-state index >= 15 is 0 Å². The third kappa shape index (κ3) is 4.26. The van der Waals surface area contributed by atoms with Crippen molar-refractivity contribution in [1.82, 2.24) is 15.1 Å². The Morgan fingerprint density at radius 2 is 2.00 bits per heavy atom. The Hall–Kier alpha value is -2.75. The predicted molar refractivity (Wildman–Crippen MR) is 84.0 cm³/mol. The van der Waals surface area contributed by atoms with E-state index in [4.69, 9.17) is 0 Å². The topological polar surface area (TPSA) is 68.9 Å². The van der Waals surface area contributed by atoms with Gasteiger partial charge in [0.15, 0.2) is 5.78 Å². The molecule has 0 amide bonds. The van der Waals surface area contributed by atoms with Crippen molar-refractivity contribution >= 4 is 17.5 Å². The van der Waals surface area contributed by atoms with Crippen LogP contribution in [0.5, 0.6) is 0 Å². The molecular formula is C16H9F4N3O2S. The number of nitrogens with zero attached hydrogens (tertiary/aromatic N) is 3. The number of hydrogen-bond donors (Lipinski definition) is 0. The molecule has 0 aliphatic heterocycles. The van der Waals surface area contributed by atoms with Crippen molar-refractivity contribution < 1.29 is 26.9 Å². The standard InChI is InChI=1S/C16H9F4N3O2S/c17-10-2-1-3-11(6-10)26-8-13(24)12-5-4-9(7-21-12)14-22-15(25-23-14)16(18,19)20/h1-7H,8H2. The van der Waals surface area contributed by atoms with E-state index in [1.165, 1.54) is 36.5 Å². The van der Waals surface area contributed by atoms with E-state index < -0.39 is 17.9 Å². The fourth-order valence-electron chi connectivity index (χ4n) is 1.93. The first-order chi connectivity index (χ1) is 12.3. The summed E-state index contributed by atoms with van der Waals surface area (Å²) in [5.41, 5.74) is 0.302. The van der Waals surface area contributed by atoms with Gasteiger partial charge in [0.1, 0.15) is 11.5 Å². The molecule has 2 heterocycles. The van der Waals surface area contributed by atoms with Crippen LogP contribution >= 0.6 is 11.8 Å². The third-order valence-corrected chi connectivity index (χ3v) is 4.14. The number of ketones is 1. The summed E-state index contributed by atoms with van der Waals surface area (Å²) in [5.74, 6) is -2.41.